The summed E-state index contributed by atoms with van der Waals surface area (Å²) in [6, 6.07) is 29.5. The van der Waals surface area contributed by atoms with E-state index in [1.165, 1.54) is 20.9 Å². The number of nitrogens with one attached hydrogen (secondary N) is 2. The Hall–Kier alpha value is -3.30. The highest BCUT2D eigenvalue weighted by molar-refractivity contribution is 5.43. The molecule has 0 aromatic heterocycles. The van der Waals surface area contributed by atoms with Crippen LogP contribution in [-0.4, -0.2) is 28.2 Å². The van der Waals surface area contributed by atoms with E-state index in [0.29, 0.717) is 0 Å². The van der Waals surface area contributed by atoms with Gasteiger partial charge in [0.05, 0.1) is 28.2 Å². The smallest absolute Gasteiger partial charge is 0.175 e. The lowest BCUT2D eigenvalue weighted by atomic mass is 10.0. The zero-order valence-electron chi connectivity index (χ0n) is 18.2. The van der Waals surface area contributed by atoms with E-state index in [9.17, 15) is 0 Å². The molecule has 3 aromatic rings. The molecule has 0 amide bonds. The van der Waals surface area contributed by atoms with E-state index in [0.717, 1.165) is 11.1 Å². The maximum atomic E-state index is 3.43. The summed E-state index contributed by atoms with van der Waals surface area (Å²) in [4.78, 5) is 2.60. The van der Waals surface area contributed by atoms with E-state index >= 15 is 0 Å². The highest BCUT2D eigenvalue weighted by atomic mass is 15.1. The maximum Gasteiger partial charge on any atom is 0.175 e. The van der Waals surface area contributed by atoms with Crippen molar-refractivity contribution in [2.45, 2.75) is 12.1 Å². The molecule has 0 spiro atoms. The van der Waals surface area contributed by atoms with E-state index in [1.54, 1.807) is 0 Å². The van der Waals surface area contributed by atoms with Crippen molar-refractivity contribution in [3.63, 3.8) is 0 Å². The van der Waals surface area contributed by atoms with Crippen molar-refractivity contribution in [3.05, 3.63) is 107 Å². The first kappa shape index (κ1) is 21.4. The van der Waals surface area contributed by atoms with Crippen LogP contribution in [0.2, 0.25) is 0 Å². The first-order valence-electron chi connectivity index (χ1n) is 10.4. The molecule has 3 aromatic carbocycles. The zero-order chi connectivity index (χ0) is 21.3. The molecule has 0 aliphatic rings. The number of quaternary nitrogens is 2. The highest BCUT2D eigenvalue weighted by Gasteiger charge is 2.14. The molecule has 2 atom stereocenters. The maximum absolute atomic E-state index is 3.43. The Morgan fingerprint density at radius 3 is 1.13 bits per heavy atom. The van der Waals surface area contributed by atoms with Crippen molar-refractivity contribution in [1.29, 1.82) is 0 Å². The van der Waals surface area contributed by atoms with Crippen LogP contribution >= 0.6 is 0 Å². The molecule has 0 saturated carbocycles. The van der Waals surface area contributed by atoms with Crippen molar-refractivity contribution >= 4 is 0 Å². The summed E-state index contributed by atoms with van der Waals surface area (Å²) < 4.78 is 0. The summed E-state index contributed by atoms with van der Waals surface area (Å²) in [5.74, 6) is 13.5. The van der Waals surface area contributed by atoms with Crippen molar-refractivity contribution in [2.24, 2.45) is 0 Å². The van der Waals surface area contributed by atoms with Gasteiger partial charge in [0, 0.05) is 22.3 Å². The Kier molecular flexibility index (Phi) is 7.47. The quantitative estimate of drug-likeness (QED) is 0.628. The van der Waals surface area contributed by atoms with Crippen LogP contribution in [0.3, 0.4) is 0 Å². The lowest BCUT2D eigenvalue weighted by Gasteiger charge is -2.16. The van der Waals surface area contributed by atoms with Gasteiger partial charge in [-0.2, -0.15) is 0 Å². The summed E-state index contributed by atoms with van der Waals surface area (Å²) in [6.07, 6.45) is 0. The van der Waals surface area contributed by atoms with Gasteiger partial charge in [0.15, 0.2) is 12.1 Å². The zero-order valence-corrected chi connectivity index (χ0v) is 18.2. The van der Waals surface area contributed by atoms with Crippen LogP contribution in [0.5, 0.6) is 0 Å². The van der Waals surface area contributed by atoms with E-state index in [-0.39, 0.29) is 12.1 Å². The molecular weight excluding hydrogens is 364 g/mol. The fourth-order valence-corrected chi connectivity index (χ4v) is 3.36. The average Bonchev–Trinajstić information content (AvgIpc) is 2.76. The standard InChI is InChI=1S/C28H28N2/c1-29(2)27(25-11-7-5-8-12-25)21-19-23-15-17-24(18-16-23)20-22-28(30(3)4)26-13-9-6-10-14-26/h5-18,27-28H,1-4H3/p+2. The van der Waals surface area contributed by atoms with Gasteiger partial charge in [0.1, 0.15) is 0 Å². The Balaban J connectivity index is 1.76. The SMILES string of the molecule is C[NH+](C)C(C#Cc1ccc(C#CC(c2ccccc2)[NH+](C)C)cc1)c1ccccc1. The molecule has 2 heteroatoms. The topological polar surface area (TPSA) is 8.88 Å². The number of benzene rings is 3. The van der Waals surface area contributed by atoms with Gasteiger partial charge in [-0.15, -0.1) is 0 Å². The Morgan fingerprint density at radius 2 is 0.833 bits per heavy atom. The lowest BCUT2D eigenvalue weighted by molar-refractivity contribution is -0.882. The van der Waals surface area contributed by atoms with Crippen LogP contribution in [0.15, 0.2) is 84.9 Å². The van der Waals surface area contributed by atoms with E-state index in [4.69, 9.17) is 0 Å². The van der Waals surface area contributed by atoms with E-state index in [1.807, 2.05) is 12.1 Å². The first-order valence-corrected chi connectivity index (χ1v) is 10.4. The van der Waals surface area contributed by atoms with Crippen LogP contribution < -0.4 is 9.80 Å². The Bertz CT molecular complexity index is 956. The molecule has 0 radical (unpaired) electrons. The van der Waals surface area contributed by atoms with Crippen LogP contribution in [0.1, 0.15) is 34.3 Å². The minimum absolute atomic E-state index is 0.153. The second-order valence-corrected chi connectivity index (χ2v) is 7.96. The molecule has 30 heavy (non-hydrogen) atoms. The molecular formula is C28H30N2+2. The molecule has 2 N–H and O–H groups in total. The first-order chi connectivity index (χ1) is 14.5. The molecule has 2 unspecified atom stereocenters. The van der Waals surface area contributed by atoms with Crippen molar-refractivity contribution < 1.29 is 9.80 Å². The predicted molar refractivity (Wildman–Crippen MR) is 124 cm³/mol. The largest absolute Gasteiger partial charge is 0.323 e. The highest BCUT2D eigenvalue weighted by Crippen LogP contribution is 2.10. The minimum Gasteiger partial charge on any atom is -0.323 e. The minimum atomic E-state index is 0.153. The second kappa shape index (κ2) is 10.5. The van der Waals surface area contributed by atoms with Gasteiger partial charge in [-0.05, 0) is 36.1 Å². The number of rotatable bonds is 4. The molecule has 0 heterocycles. The van der Waals surface area contributed by atoms with Crippen LogP contribution in [0.25, 0.3) is 0 Å². The summed E-state index contributed by atoms with van der Waals surface area (Å²) in [7, 11) is 8.56. The lowest BCUT2D eigenvalue weighted by Crippen LogP contribution is -3.06. The Morgan fingerprint density at radius 1 is 0.500 bits per heavy atom. The molecule has 3 rings (SSSR count). The summed E-state index contributed by atoms with van der Waals surface area (Å²) in [5.41, 5.74) is 4.51. The van der Waals surface area contributed by atoms with Gasteiger partial charge in [0.25, 0.3) is 0 Å². The second-order valence-electron chi connectivity index (χ2n) is 7.96. The fraction of sp³-hybridized carbons (Fsp3) is 0.214. The van der Waals surface area contributed by atoms with Gasteiger partial charge < -0.3 is 9.80 Å². The third-order valence-corrected chi connectivity index (χ3v) is 5.03. The van der Waals surface area contributed by atoms with Gasteiger partial charge in [-0.25, -0.2) is 0 Å². The summed E-state index contributed by atoms with van der Waals surface area (Å²) >= 11 is 0. The molecule has 0 aliphatic heterocycles. The summed E-state index contributed by atoms with van der Waals surface area (Å²) in [6.45, 7) is 0. The van der Waals surface area contributed by atoms with Crippen molar-refractivity contribution in [2.75, 3.05) is 28.2 Å². The van der Waals surface area contributed by atoms with Gasteiger partial charge in [-0.3, -0.25) is 0 Å². The van der Waals surface area contributed by atoms with Crippen LogP contribution in [-0.2, 0) is 0 Å². The number of hydrogen-bond donors (Lipinski definition) is 2. The predicted octanol–water partition coefficient (Wildman–Crippen LogP) is 2.16. The summed E-state index contributed by atoms with van der Waals surface area (Å²) in [5, 5.41) is 0. The van der Waals surface area contributed by atoms with Crippen molar-refractivity contribution in [1.82, 2.24) is 0 Å². The third kappa shape index (κ3) is 5.85. The van der Waals surface area contributed by atoms with Crippen LogP contribution in [0, 0.1) is 23.7 Å². The molecule has 0 bridgehead atoms. The average molecular weight is 395 g/mol. The van der Waals surface area contributed by atoms with Gasteiger partial charge in [-0.1, -0.05) is 72.5 Å². The van der Waals surface area contributed by atoms with Crippen LogP contribution in [0.4, 0.5) is 0 Å². The molecule has 0 saturated heterocycles. The van der Waals surface area contributed by atoms with E-state index < -0.39 is 0 Å². The third-order valence-electron chi connectivity index (χ3n) is 5.03. The molecule has 150 valence electrons. The Labute approximate surface area is 181 Å². The fourth-order valence-electron chi connectivity index (χ4n) is 3.36. The van der Waals surface area contributed by atoms with E-state index in [2.05, 4.69) is 125 Å². The molecule has 0 aliphatic carbocycles. The molecule has 2 nitrogen and oxygen atoms in total. The van der Waals surface area contributed by atoms with Crippen molar-refractivity contribution in [3.8, 4) is 23.7 Å². The normalized spacial score (nSPS) is 12.5. The van der Waals surface area contributed by atoms with Gasteiger partial charge >= 0.3 is 0 Å². The monoisotopic (exact) mass is 394 g/mol. The molecule has 0 fully saturated rings. The van der Waals surface area contributed by atoms with Gasteiger partial charge in [0.2, 0.25) is 0 Å². The number of hydrogen-bond acceptors (Lipinski definition) is 0.